The topological polar surface area (TPSA) is 36.4 Å². The molecule has 0 N–H and O–H groups in total. The first-order valence-corrected chi connectivity index (χ1v) is 10.3. The second-order valence-electron chi connectivity index (χ2n) is 7.06. The van der Waals surface area contributed by atoms with Crippen molar-refractivity contribution in [1.82, 2.24) is 14.8 Å². The van der Waals surface area contributed by atoms with Gasteiger partial charge in [-0.2, -0.15) is 0 Å². The Labute approximate surface area is 151 Å². The molecule has 24 heavy (non-hydrogen) atoms. The number of aromatic nitrogens is 1. The molecule has 1 aliphatic heterocycles. The molecule has 1 spiro atoms. The van der Waals surface area contributed by atoms with Gasteiger partial charge in [0, 0.05) is 35.6 Å². The van der Waals surface area contributed by atoms with Gasteiger partial charge < -0.3 is 4.90 Å². The summed E-state index contributed by atoms with van der Waals surface area (Å²) in [6.45, 7) is 2.79. The molecule has 4 rings (SSSR count). The van der Waals surface area contributed by atoms with Gasteiger partial charge in [0.2, 0.25) is 5.91 Å². The van der Waals surface area contributed by atoms with Gasteiger partial charge in [0.15, 0.2) is 0 Å². The number of rotatable bonds is 5. The molecule has 0 aromatic carbocycles. The van der Waals surface area contributed by atoms with Crippen LogP contribution in [0.4, 0.5) is 0 Å². The normalized spacial score (nSPS) is 22.2. The number of amides is 1. The molecule has 128 valence electrons. The Morgan fingerprint density at radius 2 is 2.21 bits per heavy atom. The summed E-state index contributed by atoms with van der Waals surface area (Å²) in [5.74, 6) is 0.292. The number of thiazole rings is 1. The predicted molar refractivity (Wildman–Crippen MR) is 98.3 cm³/mol. The number of nitrogens with zero attached hydrogens (tertiary/aromatic N) is 3. The Bertz CT molecular complexity index is 675. The van der Waals surface area contributed by atoms with Crippen molar-refractivity contribution >= 4 is 28.6 Å². The van der Waals surface area contributed by atoms with Crippen molar-refractivity contribution in [2.75, 3.05) is 20.1 Å². The van der Waals surface area contributed by atoms with Crippen molar-refractivity contribution in [1.29, 1.82) is 0 Å². The summed E-state index contributed by atoms with van der Waals surface area (Å²) in [7, 11) is 2.22. The lowest BCUT2D eigenvalue weighted by Gasteiger charge is -2.34. The molecule has 1 saturated carbocycles. The minimum atomic E-state index is 0.292. The standard InChI is InChI=1S/C18H23N3OS2/c1-20(13-16-19-6-10-24-16)15-12-18(15)4-7-21(8-5-18)17(22)11-14-3-2-9-23-14/h2-3,6,9-10,15H,4-5,7-8,11-13H2,1H3/t15-/m1/s1. The number of piperidine rings is 1. The maximum Gasteiger partial charge on any atom is 0.227 e. The van der Waals surface area contributed by atoms with Crippen LogP contribution in [0, 0.1) is 5.41 Å². The van der Waals surface area contributed by atoms with Crippen LogP contribution in [0.5, 0.6) is 0 Å². The Kier molecular flexibility index (Phi) is 4.45. The van der Waals surface area contributed by atoms with Gasteiger partial charge in [-0.05, 0) is 43.2 Å². The molecule has 2 fully saturated rings. The Morgan fingerprint density at radius 3 is 2.88 bits per heavy atom. The molecule has 1 amide bonds. The third kappa shape index (κ3) is 3.27. The van der Waals surface area contributed by atoms with Crippen LogP contribution in [-0.2, 0) is 17.8 Å². The van der Waals surface area contributed by atoms with E-state index >= 15 is 0 Å². The van der Waals surface area contributed by atoms with E-state index in [0.717, 1.165) is 32.5 Å². The monoisotopic (exact) mass is 361 g/mol. The van der Waals surface area contributed by atoms with Crippen LogP contribution in [-0.4, -0.2) is 46.9 Å². The average molecular weight is 362 g/mol. The van der Waals surface area contributed by atoms with Crippen molar-refractivity contribution < 1.29 is 4.79 Å². The van der Waals surface area contributed by atoms with Crippen LogP contribution in [0.2, 0.25) is 0 Å². The highest BCUT2D eigenvalue weighted by molar-refractivity contribution is 7.10. The van der Waals surface area contributed by atoms with E-state index in [4.69, 9.17) is 0 Å². The minimum Gasteiger partial charge on any atom is -0.342 e. The third-order valence-corrected chi connectivity index (χ3v) is 7.21. The average Bonchev–Trinajstić information content (AvgIpc) is 2.99. The zero-order chi connectivity index (χ0) is 16.6. The molecule has 6 heteroatoms. The molecule has 3 heterocycles. The largest absolute Gasteiger partial charge is 0.342 e. The van der Waals surface area contributed by atoms with Gasteiger partial charge in [0.1, 0.15) is 5.01 Å². The lowest BCUT2D eigenvalue weighted by atomic mass is 9.92. The van der Waals surface area contributed by atoms with Crippen molar-refractivity contribution in [3.05, 3.63) is 39.0 Å². The van der Waals surface area contributed by atoms with Gasteiger partial charge in [0.05, 0.1) is 13.0 Å². The Balaban J connectivity index is 1.28. The van der Waals surface area contributed by atoms with E-state index in [1.54, 1.807) is 22.7 Å². The van der Waals surface area contributed by atoms with E-state index in [1.165, 1.54) is 16.3 Å². The van der Waals surface area contributed by atoms with E-state index in [0.29, 0.717) is 23.8 Å². The zero-order valence-corrected chi connectivity index (χ0v) is 15.6. The maximum absolute atomic E-state index is 12.4. The number of likely N-dealkylation sites (tertiary alicyclic amines) is 1. The molecule has 2 aliphatic rings. The first-order chi connectivity index (χ1) is 11.7. The Hall–Kier alpha value is -1.24. The number of carbonyl (C=O) groups is 1. The summed E-state index contributed by atoms with van der Waals surface area (Å²) in [6, 6.07) is 4.74. The van der Waals surface area contributed by atoms with Crippen LogP contribution in [0.1, 0.15) is 29.1 Å². The fourth-order valence-corrected chi connectivity index (χ4v) is 5.39. The third-order valence-electron chi connectivity index (χ3n) is 5.56. The van der Waals surface area contributed by atoms with E-state index in [9.17, 15) is 4.79 Å². The molecule has 0 bridgehead atoms. The van der Waals surface area contributed by atoms with Crippen molar-refractivity contribution in [2.24, 2.45) is 5.41 Å². The predicted octanol–water partition coefficient (Wildman–Crippen LogP) is 3.26. The quantitative estimate of drug-likeness (QED) is 0.820. The summed E-state index contributed by atoms with van der Waals surface area (Å²) in [5, 5.41) is 5.29. The number of hydrogen-bond donors (Lipinski definition) is 0. The van der Waals surface area contributed by atoms with Gasteiger partial charge in [-0.15, -0.1) is 22.7 Å². The number of thiophene rings is 1. The highest BCUT2D eigenvalue weighted by atomic mass is 32.1. The van der Waals surface area contributed by atoms with E-state index in [2.05, 4.69) is 27.9 Å². The molecular formula is C18H23N3OS2. The van der Waals surface area contributed by atoms with Gasteiger partial charge in [-0.25, -0.2) is 4.98 Å². The molecular weight excluding hydrogens is 338 g/mol. The number of hydrogen-bond acceptors (Lipinski definition) is 5. The second-order valence-corrected chi connectivity index (χ2v) is 9.07. The van der Waals surface area contributed by atoms with Crippen LogP contribution in [0.3, 0.4) is 0 Å². The molecule has 1 atom stereocenters. The molecule has 0 radical (unpaired) electrons. The highest BCUT2D eigenvalue weighted by Crippen LogP contribution is 2.56. The summed E-state index contributed by atoms with van der Waals surface area (Å²) < 4.78 is 0. The molecule has 2 aromatic heterocycles. The second kappa shape index (κ2) is 6.58. The zero-order valence-electron chi connectivity index (χ0n) is 14.0. The highest BCUT2D eigenvalue weighted by Gasteiger charge is 2.56. The van der Waals surface area contributed by atoms with Crippen molar-refractivity contribution in [3.63, 3.8) is 0 Å². The van der Waals surface area contributed by atoms with Crippen LogP contribution in [0.25, 0.3) is 0 Å². The molecule has 2 aromatic rings. The fourth-order valence-electron chi connectivity index (χ4n) is 4.02. The molecule has 1 saturated heterocycles. The molecule has 4 nitrogen and oxygen atoms in total. The van der Waals surface area contributed by atoms with Gasteiger partial charge in [-0.3, -0.25) is 9.69 Å². The van der Waals surface area contributed by atoms with Crippen molar-refractivity contribution in [3.8, 4) is 0 Å². The van der Waals surface area contributed by atoms with Gasteiger partial charge in [0.25, 0.3) is 0 Å². The smallest absolute Gasteiger partial charge is 0.227 e. The number of carbonyl (C=O) groups excluding carboxylic acids is 1. The summed E-state index contributed by atoms with van der Waals surface area (Å²) >= 11 is 3.41. The Morgan fingerprint density at radius 1 is 1.38 bits per heavy atom. The van der Waals surface area contributed by atoms with Crippen LogP contribution < -0.4 is 0 Å². The fraction of sp³-hybridized carbons (Fsp3) is 0.556. The lowest BCUT2D eigenvalue weighted by molar-refractivity contribution is -0.132. The molecule has 0 unspecified atom stereocenters. The maximum atomic E-state index is 12.4. The lowest BCUT2D eigenvalue weighted by Crippen LogP contribution is -2.41. The van der Waals surface area contributed by atoms with Gasteiger partial charge >= 0.3 is 0 Å². The van der Waals surface area contributed by atoms with Gasteiger partial charge in [-0.1, -0.05) is 6.07 Å². The van der Waals surface area contributed by atoms with E-state index in [1.807, 2.05) is 23.0 Å². The summed E-state index contributed by atoms with van der Waals surface area (Å²) in [5.41, 5.74) is 0.450. The van der Waals surface area contributed by atoms with E-state index < -0.39 is 0 Å². The molecule has 1 aliphatic carbocycles. The SMILES string of the molecule is CN(Cc1nccs1)[C@@H]1CC12CCN(C(=O)Cc1cccs1)CC2. The van der Waals surface area contributed by atoms with E-state index in [-0.39, 0.29) is 0 Å². The van der Waals surface area contributed by atoms with Crippen molar-refractivity contribution in [2.45, 2.75) is 38.3 Å². The van der Waals surface area contributed by atoms with Crippen LogP contribution in [0.15, 0.2) is 29.1 Å². The first-order valence-electron chi connectivity index (χ1n) is 8.55. The summed E-state index contributed by atoms with van der Waals surface area (Å²) in [4.78, 5) is 22.5. The minimum absolute atomic E-state index is 0.292. The summed E-state index contributed by atoms with van der Waals surface area (Å²) in [6.07, 6.45) is 6.03. The first kappa shape index (κ1) is 16.2. The van der Waals surface area contributed by atoms with Crippen LogP contribution >= 0.6 is 22.7 Å².